The van der Waals surface area contributed by atoms with Gasteiger partial charge in [-0.15, -0.1) is 0 Å². The van der Waals surface area contributed by atoms with E-state index in [-0.39, 0.29) is 75.4 Å². The molecular weight excluding hydrogens is 648 g/mol. The summed E-state index contributed by atoms with van der Waals surface area (Å²) in [6, 6.07) is 5.66. The number of anilines is 1. The molecule has 0 spiro atoms. The molecule has 13 heteroatoms. The molecular formula is C36H35F6N5O2. The number of phenolic OH excluding ortho intramolecular Hbond substituents is 1. The number of aromatic hydroxyl groups is 1. The SMILES string of the molecule is Oc1cc(-c2c(F)cc3c(N4CC5CCC(C4)N5)nc(OCC4(CN5CC6CCC(F)(F)C6C5)CC4)nc3c2F)c2c(F)c(F)ccc2c1. The first-order valence-electron chi connectivity index (χ1n) is 17.0. The molecule has 2 N–H and O–H groups in total. The van der Waals surface area contributed by atoms with Crippen LogP contribution in [0, 0.1) is 40.5 Å². The standard InChI is InChI=1S/C36H35F6N5O2/c37-26-4-1-18-9-22(48)10-23(28(18)30(26)39)29-27(38)11-24-32(31(29)40)44-34(45-33(24)47-13-20-2-3-21(14-47)43-20)49-17-35(7-8-35)16-46-12-19-5-6-36(41,42)25(19)15-46/h1,4,9-11,19-21,25,43,48H,2-3,5-8,12-17H2. The van der Waals surface area contributed by atoms with Crippen molar-refractivity contribution in [2.75, 3.05) is 44.2 Å². The molecule has 9 rings (SSSR count). The van der Waals surface area contributed by atoms with E-state index >= 15 is 13.2 Å². The topological polar surface area (TPSA) is 73.8 Å². The van der Waals surface area contributed by atoms with E-state index in [1.165, 1.54) is 12.1 Å². The van der Waals surface area contributed by atoms with E-state index in [1.807, 2.05) is 4.90 Å². The Morgan fingerprint density at radius 1 is 0.878 bits per heavy atom. The summed E-state index contributed by atoms with van der Waals surface area (Å²) in [4.78, 5) is 13.2. The molecule has 2 aliphatic carbocycles. The molecule has 1 aromatic heterocycles. The average Bonchev–Trinajstić information content (AvgIpc) is 3.42. The van der Waals surface area contributed by atoms with Crippen molar-refractivity contribution in [1.82, 2.24) is 20.2 Å². The Morgan fingerprint density at radius 3 is 2.39 bits per heavy atom. The maximum absolute atomic E-state index is 16.8. The molecule has 7 nitrogen and oxygen atoms in total. The number of ether oxygens (including phenoxy) is 1. The number of benzene rings is 3. The number of hydrogen-bond acceptors (Lipinski definition) is 7. The summed E-state index contributed by atoms with van der Waals surface area (Å²) in [6.07, 6.45) is 4.09. The van der Waals surface area contributed by atoms with Crippen molar-refractivity contribution < 1.29 is 36.2 Å². The van der Waals surface area contributed by atoms with E-state index in [1.54, 1.807) is 0 Å². The molecule has 3 aromatic carbocycles. The fourth-order valence-electron chi connectivity index (χ4n) is 8.90. The third-order valence-corrected chi connectivity index (χ3v) is 11.6. The number of nitrogens with zero attached hydrogens (tertiary/aromatic N) is 4. The Labute approximate surface area is 278 Å². The van der Waals surface area contributed by atoms with Crippen molar-refractivity contribution >= 4 is 27.5 Å². The highest BCUT2D eigenvalue weighted by atomic mass is 19.3. The van der Waals surface area contributed by atoms with Crippen LogP contribution in [-0.4, -0.2) is 77.3 Å². The Morgan fingerprint density at radius 2 is 1.65 bits per heavy atom. The van der Waals surface area contributed by atoms with Gasteiger partial charge in [0.2, 0.25) is 0 Å². The Kier molecular flexibility index (Phi) is 7.05. The van der Waals surface area contributed by atoms with Gasteiger partial charge >= 0.3 is 6.01 Å². The molecule has 4 unspecified atom stereocenters. The summed E-state index contributed by atoms with van der Waals surface area (Å²) in [6.45, 7) is 2.91. The lowest BCUT2D eigenvalue weighted by molar-refractivity contribution is -0.0405. The van der Waals surface area contributed by atoms with Gasteiger partial charge < -0.3 is 25.0 Å². The van der Waals surface area contributed by atoms with E-state index in [0.717, 1.165) is 43.9 Å². The minimum absolute atomic E-state index is 0.00129. The number of piperazine rings is 1. The first kappa shape index (κ1) is 31.2. The normalized spacial score (nSPS) is 26.9. The second kappa shape index (κ2) is 11.1. The second-order valence-electron chi connectivity index (χ2n) is 14.9. The largest absolute Gasteiger partial charge is 0.508 e. The molecule has 0 radical (unpaired) electrons. The quantitative estimate of drug-likeness (QED) is 0.208. The van der Waals surface area contributed by atoms with E-state index in [4.69, 9.17) is 9.72 Å². The number of aromatic nitrogens is 2. The maximum Gasteiger partial charge on any atom is 0.319 e. The van der Waals surface area contributed by atoms with Crippen LogP contribution in [0.2, 0.25) is 0 Å². The average molecular weight is 684 g/mol. The van der Waals surface area contributed by atoms with Crippen LogP contribution in [0.3, 0.4) is 0 Å². The number of phenols is 1. The van der Waals surface area contributed by atoms with Crippen molar-refractivity contribution in [2.45, 2.75) is 56.5 Å². The molecule has 2 bridgehead atoms. The summed E-state index contributed by atoms with van der Waals surface area (Å²) < 4.78 is 97.4. The highest BCUT2D eigenvalue weighted by Crippen LogP contribution is 2.52. The first-order chi connectivity index (χ1) is 23.5. The number of fused-ring (bicyclic) bond motifs is 5. The van der Waals surface area contributed by atoms with Crippen LogP contribution >= 0.6 is 0 Å². The number of nitrogens with one attached hydrogen (secondary N) is 1. The van der Waals surface area contributed by atoms with Crippen LogP contribution in [0.4, 0.5) is 32.2 Å². The molecule has 4 aromatic rings. The van der Waals surface area contributed by atoms with Crippen LogP contribution < -0.4 is 15.0 Å². The zero-order valence-electron chi connectivity index (χ0n) is 26.6. The van der Waals surface area contributed by atoms with Crippen molar-refractivity contribution in [2.24, 2.45) is 17.3 Å². The summed E-state index contributed by atoms with van der Waals surface area (Å²) in [5.41, 5.74) is -1.54. The molecule has 3 aliphatic heterocycles. The Bertz CT molecular complexity index is 1990. The third kappa shape index (κ3) is 5.26. The number of likely N-dealkylation sites (tertiary alicyclic amines) is 1. The van der Waals surface area contributed by atoms with Crippen molar-refractivity contribution in [3.8, 4) is 22.9 Å². The second-order valence-corrected chi connectivity index (χ2v) is 14.9. The van der Waals surface area contributed by atoms with Crippen molar-refractivity contribution in [1.29, 1.82) is 0 Å². The smallest absolute Gasteiger partial charge is 0.319 e. The highest BCUT2D eigenvalue weighted by Gasteiger charge is 2.55. The van der Waals surface area contributed by atoms with Crippen LogP contribution in [-0.2, 0) is 0 Å². The maximum atomic E-state index is 16.8. The fraction of sp³-hybridized carbons (Fsp3) is 0.500. The van der Waals surface area contributed by atoms with Gasteiger partial charge in [0.05, 0.1) is 12.2 Å². The van der Waals surface area contributed by atoms with Gasteiger partial charge in [-0.05, 0) is 67.7 Å². The summed E-state index contributed by atoms with van der Waals surface area (Å²) in [5, 5.41) is 13.7. The monoisotopic (exact) mass is 683 g/mol. The molecule has 0 amide bonds. The van der Waals surface area contributed by atoms with Crippen LogP contribution in [0.5, 0.6) is 11.8 Å². The highest BCUT2D eigenvalue weighted by molar-refractivity contribution is 6.02. The molecule has 5 aliphatic rings. The lowest BCUT2D eigenvalue weighted by Gasteiger charge is -2.34. The van der Waals surface area contributed by atoms with Crippen LogP contribution in [0.15, 0.2) is 30.3 Å². The summed E-state index contributed by atoms with van der Waals surface area (Å²) in [5.74, 6) is -7.98. The Balaban J connectivity index is 1.10. The van der Waals surface area contributed by atoms with Gasteiger partial charge in [-0.1, -0.05) is 6.07 Å². The fourth-order valence-corrected chi connectivity index (χ4v) is 8.90. The van der Waals surface area contributed by atoms with Crippen molar-refractivity contribution in [3.05, 3.63) is 53.6 Å². The predicted molar refractivity (Wildman–Crippen MR) is 171 cm³/mol. The molecule has 5 fully saturated rings. The lowest BCUT2D eigenvalue weighted by atomic mass is 9.95. The number of alkyl halides is 2. The minimum Gasteiger partial charge on any atom is -0.508 e. The van der Waals surface area contributed by atoms with Gasteiger partial charge in [0.15, 0.2) is 17.5 Å². The molecule has 3 saturated heterocycles. The third-order valence-electron chi connectivity index (χ3n) is 11.6. The molecule has 4 atom stereocenters. The zero-order chi connectivity index (χ0) is 33.8. The van der Waals surface area contributed by atoms with E-state index in [0.29, 0.717) is 45.0 Å². The van der Waals surface area contributed by atoms with Gasteiger partial charge in [-0.3, -0.25) is 0 Å². The zero-order valence-corrected chi connectivity index (χ0v) is 26.6. The van der Waals surface area contributed by atoms with Crippen LogP contribution in [0.25, 0.3) is 32.8 Å². The predicted octanol–water partition coefficient (Wildman–Crippen LogP) is 6.79. The number of hydrogen-bond donors (Lipinski definition) is 2. The first-order valence-corrected chi connectivity index (χ1v) is 17.0. The molecule has 258 valence electrons. The molecule has 49 heavy (non-hydrogen) atoms. The number of rotatable bonds is 7. The van der Waals surface area contributed by atoms with Crippen LogP contribution in [0.1, 0.15) is 38.5 Å². The number of halogens is 6. The van der Waals surface area contributed by atoms with Gasteiger partial charge in [0.1, 0.15) is 22.9 Å². The van der Waals surface area contributed by atoms with E-state index in [9.17, 15) is 18.3 Å². The van der Waals surface area contributed by atoms with Gasteiger partial charge in [0.25, 0.3) is 5.92 Å². The van der Waals surface area contributed by atoms with Gasteiger partial charge in [-0.25, -0.2) is 26.3 Å². The molecule has 4 heterocycles. The minimum atomic E-state index is -2.63. The summed E-state index contributed by atoms with van der Waals surface area (Å²) in [7, 11) is 0. The van der Waals surface area contributed by atoms with Gasteiger partial charge in [-0.2, -0.15) is 9.97 Å². The van der Waals surface area contributed by atoms with Crippen molar-refractivity contribution in [3.63, 3.8) is 0 Å². The van der Waals surface area contributed by atoms with Gasteiger partial charge in [0, 0.05) is 78.9 Å². The lowest BCUT2D eigenvalue weighted by Crippen LogP contribution is -2.51. The Hall–Kier alpha value is -3.84. The van der Waals surface area contributed by atoms with E-state index < -0.39 is 40.7 Å². The molecule has 2 saturated carbocycles. The summed E-state index contributed by atoms with van der Waals surface area (Å²) >= 11 is 0. The van der Waals surface area contributed by atoms with E-state index in [2.05, 4.69) is 15.2 Å².